The minimum Gasteiger partial charge on any atom is -0.326 e. The number of unbranched alkanes of at least 4 members (excludes halogenated alkanes) is 11. The smallest absolute Gasteiger partial charge is 0.224 e. The van der Waals surface area contributed by atoms with E-state index in [1.54, 1.807) is 12.1 Å². The normalized spacial score (nSPS) is 11.3. The molecule has 0 aliphatic carbocycles. The lowest BCUT2D eigenvalue weighted by atomic mass is 10.1. The predicted octanol–water partition coefficient (Wildman–Crippen LogP) is 6.98. The minimum absolute atomic E-state index is 0.0869. The molecule has 0 saturated carbocycles. The van der Waals surface area contributed by atoms with E-state index in [0.717, 1.165) is 25.7 Å². The highest BCUT2D eigenvalue weighted by atomic mass is 19.1. The summed E-state index contributed by atoms with van der Waals surface area (Å²) in [6.07, 6.45) is 21.1. The lowest BCUT2D eigenvalue weighted by Crippen LogP contribution is -2.11. The Hall–Kier alpha value is -2.57. The number of nitrogens with one attached hydrogen (secondary N) is 2. The van der Waals surface area contributed by atoms with Crippen LogP contribution in [-0.4, -0.2) is 26.5 Å². The van der Waals surface area contributed by atoms with Crippen molar-refractivity contribution in [2.45, 2.75) is 96.8 Å². The quantitative estimate of drug-likeness (QED) is 0.204. The molecule has 1 amide bonds. The zero-order valence-corrected chi connectivity index (χ0v) is 19.4. The molecule has 2 N–H and O–H groups in total. The zero-order valence-electron chi connectivity index (χ0n) is 19.4. The summed E-state index contributed by atoms with van der Waals surface area (Å²) in [5.74, 6) is -0.313. The number of benzene rings is 1. The Bertz CT molecular complexity index is 792. The Labute approximate surface area is 191 Å². The van der Waals surface area contributed by atoms with Gasteiger partial charge in [-0.25, -0.2) is 9.49 Å². The van der Waals surface area contributed by atoms with Crippen LogP contribution in [0.4, 0.5) is 10.1 Å². The maximum Gasteiger partial charge on any atom is 0.224 e. The molecule has 6 nitrogen and oxygen atoms in total. The SMILES string of the molecule is CCCCCCCC/C=C\CCCCCCCC(=O)Nc1ccc(-c2nnn[nH]2)c(F)c1. The molecule has 0 fully saturated rings. The van der Waals surface area contributed by atoms with Gasteiger partial charge in [0.1, 0.15) is 5.82 Å². The minimum atomic E-state index is -0.484. The standard InChI is InChI=1S/C25H38FN5O/c1-2-3-4-5-6-7-8-9-10-11-12-13-14-15-16-17-24(32)27-21-18-19-22(23(26)20-21)25-28-30-31-29-25/h9-10,18-20H,2-8,11-17H2,1H3,(H,27,32)(H,28,29,30,31)/b10-9-. The molecular weight excluding hydrogens is 405 g/mol. The monoisotopic (exact) mass is 443 g/mol. The molecule has 32 heavy (non-hydrogen) atoms. The van der Waals surface area contributed by atoms with Crippen LogP contribution in [0.3, 0.4) is 0 Å². The Morgan fingerprint density at radius 1 is 0.969 bits per heavy atom. The number of aromatic amines is 1. The van der Waals surface area contributed by atoms with E-state index in [0.29, 0.717) is 12.1 Å². The van der Waals surface area contributed by atoms with Crippen LogP contribution < -0.4 is 5.32 Å². The highest BCUT2D eigenvalue weighted by Crippen LogP contribution is 2.22. The van der Waals surface area contributed by atoms with Gasteiger partial charge in [0.15, 0.2) is 5.82 Å². The van der Waals surface area contributed by atoms with Gasteiger partial charge >= 0.3 is 0 Å². The summed E-state index contributed by atoms with van der Waals surface area (Å²) in [7, 11) is 0. The van der Waals surface area contributed by atoms with E-state index < -0.39 is 5.82 Å². The summed E-state index contributed by atoms with van der Waals surface area (Å²) in [5.41, 5.74) is 0.710. The number of carbonyl (C=O) groups excluding carboxylic acids is 1. The lowest BCUT2D eigenvalue weighted by molar-refractivity contribution is -0.116. The first-order valence-electron chi connectivity index (χ1n) is 12.2. The van der Waals surface area contributed by atoms with Crippen molar-refractivity contribution in [1.82, 2.24) is 20.6 Å². The third-order valence-corrected chi connectivity index (χ3v) is 5.52. The largest absolute Gasteiger partial charge is 0.326 e. The highest BCUT2D eigenvalue weighted by Gasteiger charge is 2.10. The molecule has 1 heterocycles. The first-order chi connectivity index (χ1) is 15.7. The molecule has 0 spiro atoms. The zero-order chi connectivity index (χ0) is 22.9. The van der Waals surface area contributed by atoms with Crippen LogP contribution in [0, 0.1) is 5.82 Å². The number of aromatic nitrogens is 4. The van der Waals surface area contributed by atoms with Crippen LogP contribution in [-0.2, 0) is 4.79 Å². The number of hydrogen-bond acceptors (Lipinski definition) is 4. The molecule has 1 aromatic carbocycles. The van der Waals surface area contributed by atoms with Gasteiger partial charge in [-0.3, -0.25) is 4.79 Å². The molecule has 0 atom stereocenters. The molecule has 1 aromatic heterocycles. The van der Waals surface area contributed by atoms with Gasteiger partial charge in [-0.15, -0.1) is 5.10 Å². The van der Waals surface area contributed by atoms with E-state index in [1.165, 1.54) is 63.9 Å². The molecule has 176 valence electrons. The second kappa shape index (κ2) is 16.1. The molecule has 0 aliphatic heterocycles. The summed E-state index contributed by atoms with van der Waals surface area (Å²) in [5, 5.41) is 15.9. The molecule has 7 heteroatoms. The van der Waals surface area contributed by atoms with Crippen LogP contribution in [0.25, 0.3) is 11.4 Å². The van der Waals surface area contributed by atoms with Crippen LogP contribution in [0.5, 0.6) is 0 Å². The number of H-pyrrole nitrogens is 1. The number of halogens is 1. The van der Waals surface area contributed by atoms with Crippen LogP contribution in [0.15, 0.2) is 30.4 Å². The number of hydrogen-bond donors (Lipinski definition) is 2. The molecular formula is C25H38FN5O. The van der Waals surface area contributed by atoms with Gasteiger partial charge < -0.3 is 5.32 Å². The number of carbonyl (C=O) groups is 1. The van der Waals surface area contributed by atoms with Gasteiger partial charge in [0.05, 0.1) is 5.56 Å². The third-order valence-electron chi connectivity index (χ3n) is 5.52. The molecule has 0 aliphatic rings. The van der Waals surface area contributed by atoms with Crippen LogP contribution in [0.1, 0.15) is 96.8 Å². The van der Waals surface area contributed by atoms with E-state index in [9.17, 15) is 9.18 Å². The molecule has 0 bridgehead atoms. The van der Waals surface area contributed by atoms with Crippen molar-refractivity contribution >= 4 is 11.6 Å². The van der Waals surface area contributed by atoms with Gasteiger partial charge in [-0.05, 0) is 60.7 Å². The fraction of sp³-hybridized carbons (Fsp3) is 0.600. The van der Waals surface area contributed by atoms with E-state index in [1.807, 2.05) is 0 Å². The second-order valence-electron chi connectivity index (χ2n) is 8.33. The third kappa shape index (κ3) is 10.6. The second-order valence-corrected chi connectivity index (χ2v) is 8.33. The average molecular weight is 444 g/mol. The molecule has 0 saturated heterocycles. The first kappa shape index (κ1) is 25.7. The average Bonchev–Trinajstić information content (AvgIpc) is 3.31. The van der Waals surface area contributed by atoms with Crippen molar-refractivity contribution in [3.8, 4) is 11.4 Å². The highest BCUT2D eigenvalue weighted by molar-refractivity contribution is 5.90. The van der Waals surface area contributed by atoms with Crippen molar-refractivity contribution in [3.63, 3.8) is 0 Å². The van der Waals surface area contributed by atoms with Crippen molar-refractivity contribution in [3.05, 3.63) is 36.2 Å². The molecule has 0 radical (unpaired) electrons. The Morgan fingerprint density at radius 3 is 2.25 bits per heavy atom. The topological polar surface area (TPSA) is 83.6 Å². The van der Waals surface area contributed by atoms with Gasteiger partial charge in [0.25, 0.3) is 0 Å². The summed E-state index contributed by atoms with van der Waals surface area (Å²) in [6, 6.07) is 4.49. The number of rotatable bonds is 17. The Kier molecular flexibility index (Phi) is 12.9. The number of tetrazole rings is 1. The summed E-state index contributed by atoms with van der Waals surface area (Å²) < 4.78 is 14.2. The summed E-state index contributed by atoms with van der Waals surface area (Å²) >= 11 is 0. The number of nitrogens with zero attached hydrogens (tertiary/aromatic N) is 3. The van der Waals surface area contributed by atoms with Gasteiger partial charge in [0.2, 0.25) is 5.91 Å². The van der Waals surface area contributed by atoms with E-state index in [4.69, 9.17) is 0 Å². The van der Waals surface area contributed by atoms with Crippen molar-refractivity contribution < 1.29 is 9.18 Å². The van der Waals surface area contributed by atoms with E-state index >= 15 is 0 Å². The Morgan fingerprint density at radius 2 is 1.62 bits per heavy atom. The fourth-order valence-electron chi connectivity index (χ4n) is 3.64. The van der Waals surface area contributed by atoms with E-state index in [-0.39, 0.29) is 17.3 Å². The molecule has 0 unspecified atom stereocenters. The fourth-order valence-corrected chi connectivity index (χ4v) is 3.64. The summed E-state index contributed by atoms with van der Waals surface area (Å²) in [6.45, 7) is 2.25. The number of amides is 1. The van der Waals surface area contributed by atoms with Crippen molar-refractivity contribution in [2.24, 2.45) is 0 Å². The van der Waals surface area contributed by atoms with Crippen molar-refractivity contribution in [2.75, 3.05) is 5.32 Å². The van der Waals surface area contributed by atoms with Crippen LogP contribution in [0.2, 0.25) is 0 Å². The Balaban J connectivity index is 1.46. The molecule has 2 rings (SSSR count). The maximum absolute atomic E-state index is 14.2. The van der Waals surface area contributed by atoms with E-state index in [2.05, 4.69) is 45.0 Å². The number of anilines is 1. The van der Waals surface area contributed by atoms with Gasteiger partial charge in [0, 0.05) is 12.1 Å². The van der Waals surface area contributed by atoms with Crippen LogP contribution >= 0.6 is 0 Å². The first-order valence-corrected chi connectivity index (χ1v) is 12.2. The van der Waals surface area contributed by atoms with Crippen molar-refractivity contribution in [1.29, 1.82) is 0 Å². The summed E-state index contributed by atoms with van der Waals surface area (Å²) in [4.78, 5) is 12.1. The number of allylic oxidation sites excluding steroid dienone is 2. The lowest BCUT2D eigenvalue weighted by Gasteiger charge is -2.07. The van der Waals surface area contributed by atoms with Gasteiger partial charge in [-0.2, -0.15) is 0 Å². The predicted molar refractivity (Wildman–Crippen MR) is 128 cm³/mol. The molecule has 2 aromatic rings. The van der Waals surface area contributed by atoms with Gasteiger partial charge in [-0.1, -0.05) is 70.4 Å². The maximum atomic E-state index is 14.2.